The van der Waals surface area contributed by atoms with E-state index < -0.39 is 12.0 Å². The number of aliphatic carboxylic acids is 1. The van der Waals surface area contributed by atoms with Gasteiger partial charge in [0.2, 0.25) is 5.91 Å². The Kier molecular flexibility index (Phi) is 5.39. The number of halogens is 1. The fourth-order valence-electron chi connectivity index (χ4n) is 2.38. The Morgan fingerprint density at radius 1 is 1.35 bits per heavy atom. The summed E-state index contributed by atoms with van der Waals surface area (Å²) in [6.45, 7) is 3.73. The molecule has 7 heteroatoms. The van der Waals surface area contributed by atoms with Crippen LogP contribution < -0.4 is 5.32 Å². The Labute approximate surface area is 139 Å². The third kappa shape index (κ3) is 4.56. The van der Waals surface area contributed by atoms with E-state index in [1.54, 1.807) is 28.9 Å². The third-order valence-corrected chi connectivity index (χ3v) is 3.74. The predicted molar refractivity (Wildman–Crippen MR) is 86.3 cm³/mol. The minimum absolute atomic E-state index is 0.0280. The van der Waals surface area contributed by atoms with Crippen molar-refractivity contribution in [3.63, 3.8) is 0 Å². The van der Waals surface area contributed by atoms with Gasteiger partial charge in [0.05, 0.1) is 18.2 Å². The summed E-state index contributed by atoms with van der Waals surface area (Å²) in [5.41, 5.74) is 2.27. The van der Waals surface area contributed by atoms with E-state index in [1.807, 2.05) is 19.9 Å². The van der Waals surface area contributed by atoms with Crippen molar-refractivity contribution in [2.45, 2.75) is 32.9 Å². The van der Waals surface area contributed by atoms with Gasteiger partial charge < -0.3 is 10.4 Å². The highest BCUT2D eigenvalue weighted by molar-refractivity contribution is 6.31. The first-order valence-corrected chi connectivity index (χ1v) is 7.51. The third-order valence-electron chi connectivity index (χ3n) is 3.39. The van der Waals surface area contributed by atoms with Crippen LogP contribution in [0.4, 0.5) is 0 Å². The van der Waals surface area contributed by atoms with Crippen LogP contribution in [0.15, 0.2) is 30.3 Å². The van der Waals surface area contributed by atoms with Crippen LogP contribution in [0.5, 0.6) is 0 Å². The standard InChI is InChI=1S/C16H18ClN3O3/c1-10-7-11(2)20(19-10)9-15(21)18-14(8-16(22)23)12-5-3-4-6-13(12)17/h3-7,14H,8-9H2,1-2H3,(H,18,21)(H,22,23). The first kappa shape index (κ1) is 17.0. The molecule has 0 aliphatic heterocycles. The number of benzene rings is 1. The van der Waals surface area contributed by atoms with Gasteiger partial charge in [-0.25, -0.2) is 0 Å². The molecule has 0 aliphatic rings. The Morgan fingerprint density at radius 3 is 2.61 bits per heavy atom. The van der Waals surface area contributed by atoms with Crippen molar-refractivity contribution in [2.75, 3.05) is 0 Å². The van der Waals surface area contributed by atoms with Crippen LogP contribution in [0.3, 0.4) is 0 Å². The molecule has 2 rings (SSSR count). The molecule has 0 saturated heterocycles. The molecule has 0 spiro atoms. The molecular weight excluding hydrogens is 318 g/mol. The van der Waals surface area contributed by atoms with Crippen molar-refractivity contribution in [3.8, 4) is 0 Å². The lowest BCUT2D eigenvalue weighted by Gasteiger charge is -2.19. The topological polar surface area (TPSA) is 84.2 Å². The highest BCUT2D eigenvalue weighted by Crippen LogP contribution is 2.25. The zero-order chi connectivity index (χ0) is 17.0. The molecule has 1 unspecified atom stereocenters. The van der Waals surface area contributed by atoms with Crippen LogP contribution in [-0.2, 0) is 16.1 Å². The van der Waals surface area contributed by atoms with E-state index in [0.717, 1.165) is 11.4 Å². The van der Waals surface area contributed by atoms with Crippen LogP contribution in [-0.4, -0.2) is 26.8 Å². The molecule has 1 atom stereocenters. The zero-order valence-corrected chi connectivity index (χ0v) is 13.7. The highest BCUT2D eigenvalue weighted by atomic mass is 35.5. The maximum atomic E-state index is 12.2. The summed E-state index contributed by atoms with van der Waals surface area (Å²) in [5.74, 6) is -1.33. The van der Waals surface area contributed by atoms with E-state index in [4.69, 9.17) is 16.7 Å². The number of aromatic nitrogens is 2. The molecule has 6 nitrogen and oxygen atoms in total. The minimum atomic E-state index is -1.01. The van der Waals surface area contributed by atoms with Gasteiger partial charge in [-0.2, -0.15) is 5.10 Å². The number of carbonyl (C=O) groups excluding carboxylic acids is 1. The van der Waals surface area contributed by atoms with Crippen molar-refractivity contribution >= 4 is 23.5 Å². The van der Waals surface area contributed by atoms with Crippen LogP contribution in [0, 0.1) is 13.8 Å². The number of carboxylic acids is 1. The second-order valence-electron chi connectivity index (χ2n) is 5.32. The van der Waals surface area contributed by atoms with E-state index in [1.165, 1.54) is 0 Å². The zero-order valence-electron chi connectivity index (χ0n) is 12.9. The van der Waals surface area contributed by atoms with E-state index in [0.29, 0.717) is 10.6 Å². The average molecular weight is 336 g/mol. The molecule has 0 bridgehead atoms. The summed E-state index contributed by atoms with van der Waals surface area (Å²) < 4.78 is 1.58. The van der Waals surface area contributed by atoms with Crippen LogP contribution in [0.1, 0.15) is 29.4 Å². The molecule has 1 heterocycles. The summed E-state index contributed by atoms with van der Waals surface area (Å²) >= 11 is 6.11. The normalized spacial score (nSPS) is 12.0. The van der Waals surface area contributed by atoms with Gasteiger partial charge in [-0.05, 0) is 31.5 Å². The van der Waals surface area contributed by atoms with Gasteiger partial charge in [0.1, 0.15) is 6.54 Å². The number of hydrogen-bond acceptors (Lipinski definition) is 3. The molecule has 1 aromatic heterocycles. The number of aryl methyl sites for hydroxylation is 2. The number of rotatable bonds is 6. The second-order valence-corrected chi connectivity index (χ2v) is 5.73. The molecule has 2 aromatic rings. The van der Waals surface area contributed by atoms with Crippen LogP contribution in [0.2, 0.25) is 5.02 Å². The maximum Gasteiger partial charge on any atom is 0.305 e. The molecule has 0 saturated carbocycles. The van der Waals surface area contributed by atoms with Gasteiger partial charge in [0.25, 0.3) is 0 Å². The monoisotopic (exact) mass is 335 g/mol. The predicted octanol–water partition coefficient (Wildman–Crippen LogP) is 2.49. The summed E-state index contributed by atoms with van der Waals surface area (Å²) in [5, 5.41) is 16.4. The van der Waals surface area contributed by atoms with Crippen molar-refractivity contribution in [1.82, 2.24) is 15.1 Å². The molecule has 1 amide bonds. The summed E-state index contributed by atoms with van der Waals surface area (Å²) in [6.07, 6.45) is -0.243. The van der Waals surface area contributed by atoms with E-state index in [-0.39, 0.29) is 18.9 Å². The fraction of sp³-hybridized carbons (Fsp3) is 0.312. The molecule has 122 valence electrons. The Hall–Kier alpha value is -2.34. The molecule has 0 aliphatic carbocycles. The van der Waals surface area contributed by atoms with Crippen molar-refractivity contribution in [2.24, 2.45) is 0 Å². The Balaban J connectivity index is 2.14. The smallest absolute Gasteiger partial charge is 0.305 e. The van der Waals surface area contributed by atoms with Gasteiger partial charge in [-0.15, -0.1) is 0 Å². The first-order valence-electron chi connectivity index (χ1n) is 7.13. The summed E-state index contributed by atoms with van der Waals surface area (Å²) in [6, 6.07) is 8.06. The average Bonchev–Trinajstić information content (AvgIpc) is 2.76. The van der Waals surface area contributed by atoms with Crippen LogP contribution >= 0.6 is 11.6 Å². The minimum Gasteiger partial charge on any atom is -0.481 e. The summed E-state index contributed by atoms with van der Waals surface area (Å²) in [7, 11) is 0. The quantitative estimate of drug-likeness (QED) is 0.849. The number of carboxylic acid groups (broad SMARTS) is 1. The van der Waals surface area contributed by atoms with Crippen LogP contribution in [0.25, 0.3) is 0 Å². The number of nitrogens with zero attached hydrogens (tertiary/aromatic N) is 2. The first-order chi connectivity index (χ1) is 10.9. The molecule has 0 fully saturated rings. The Bertz CT molecular complexity index is 727. The van der Waals surface area contributed by atoms with Gasteiger partial charge in [-0.1, -0.05) is 29.8 Å². The van der Waals surface area contributed by atoms with Gasteiger partial charge in [0.15, 0.2) is 0 Å². The molecule has 1 aromatic carbocycles. The van der Waals surface area contributed by atoms with Crippen molar-refractivity contribution < 1.29 is 14.7 Å². The second kappa shape index (κ2) is 7.28. The number of hydrogen-bond donors (Lipinski definition) is 2. The maximum absolute atomic E-state index is 12.2. The lowest BCUT2D eigenvalue weighted by Crippen LogP contribution is -2.33. The fourth-order valence-corrected chi connectivity index (χ4v) is 2.65. The SMILES string of the molecule is Cc1cc(C)n(CC(=O)NC(CC(=O)O)c2ccccc2Cl)n1. The van der Waals surface area contributed by atoms with Gasteiger partial charge >= 0.3 is 5.97 Å². The largest absolute Gasteiger partial charge is 0.481 e. The number of carbonyl (C=O) groups is 2. The van der Waals surface area contributed by atoms with Crippen molar-refractivity contribution in [3.05, 3.63) is 52.3 Å². The Morgan fingerprint density at radius 2 is 2.04 bits per heavy atom. The van der Waals surface area contributed by atoms with Gasteiger partial charge in [0, 0.05) is 10.7 Å². The van der Waals surface area contributed by atoms with E-state index >= 15 is 0 Å². The number of nitrogens with one attached hydrogen (secondary N) is 1. The van der Waals surface area contributed by atoms with E-state index in [9.17, 15) is 9.59 Å². The number of amides is 1. The van der Waals surface area contributed by atoms with E-state index in [2.05, 4.69) is 10.4 Å². The molecular formula is C16H18ClN3O3. The molecule has 23 heavy (non-hydrogen) atoms. The lowest BCUT2D eigenvalue weighted by molar-refractivity contribution is -0.137. The summed E-state index contributed by atoms with van der Waals surface area (Å²) in [4.78, 5) is 23.3. The van der Waals surface area contributed by atoms with Crippen molar-refractivity contribution in [1.29, 1.82) is 0 Å². The van der Waals surface area contributed by atoms with Gasteiger partial charge in [-0.3, -0.25) is 14.3 Å². The lowest BCUT2D eigenvalue weighted by atomic mass is 10.0. The highest BCUT2D eigenvalue weighted by Gasteiger charge is 2.20. The molecule has 2 N–H and O–H groups in total. The molecule has 0 radical (unpaired) electrons.